The quantitative estimate of drug-likeness (QED) is 0.614. The van der Waals surface area contributed by atoms with Crippen LogP contribution in [0.4, 0.5) is 0 Å². The van der Waals surface area contributed by atoms with Crippen molar-refractivity contribution in [3.05, 3.63) is 17.5 Å². The third-order valence-corrected chi connectivity index (χ3v) is 4.27. The Morgan fingerprint density at radius 1 is 1.17 bits per heavy atom. The van der Waals surface area contributed by atoms with E-state index in [0.717, 1.165) is 5.69 Å². The van der Waals surface area contributed by atoms with E-state index in [-0.39, 0.29) is 0 Å². The predicted molar refractivity (Wildman–Crippen MR) is 54.5 cm³/mol. The summed E-state index contributed by atoms with van der Waals surface area (Å²) < 4.78 is 0. The maximum Gasteiger partial charge on any atom is 0.0801 e. The molecule has 1 aromatic heterocycles. The fourth-order valence-corrected chi connectivity index (χ4v) is 3.05. The number of hydrogen-bond acceptors (Lipinski definition) is 2. The molecule has 0 aliphatic rings. The summed E-state index contributed by atoms with van der Waals surface area (Å²) in [6, 6.07) is 0. The third kappa shape index (κ3) is 1.72. The molecular formula is C9H16N2Si. The van der Waals surface area contributed by atoms with Gasteiger partial charge >= 0.3 is 0 Å². The molecule has 0 N–H and O–H groups in total. The Balaban J connectivity index is 3.26. The van der Waals surface area contributed by atoms with E-state index in [9.17, 15) is 0 Å². The molecule has 1 aromatic rings. The average molecular weight is 180 g/mol. The fourth-order valence-electron chi connectivity index (χ4n) is 1.30. The first kappa shape index (κ1) is 9.39. The Bertz CT molecular complexity index is 289. The molecule has 0 bridgehead atoms. The van der Waals surface area contributed by atoms with E-state index < -0.39 is 8.07 Å². The summed E-state index contributed by atoms with van der Waals surface area (Å²) in [4.78, 5) is 0. The predicted octanol–water partition coefficient (Wildman–Crippen LogP) is 1.64. The van der Waals surface area contributed by atoms with Gasteiger partial charge in [-0.05, 0) is 24.6 Å². The van der Waals surface area contributed by atoms with E-state index in [2.05, 4.69) is 36.8 Å². The molecule has 0 aliphatic heterocycles. The maximum absolute atomic E-state index is 4.03. The first-order chi connectivity index (χ1) is 5.43. The minimum Gasteiger partial charge on any atom is -0.159 e. The topological polar surface area (TPSA) is 25.8 Å². The van der Waals surface area contributed by atoms with Crippen molar-refractivity contribution in [3.8, 4) is 0 Å². The fraction of sp³-hybridized carbons (Fsp3) is 0.556. The highest BCUT2D eigenvalue weighted by molar-refractivity contribution is 6.89. The van der Waals surface area contributed by atoms with Crippen LogP contribution in [0.15, 0.2) is 6.20 Å². The van der Waals surface area contributed by atoms with Crippen molar-refractivity contribution in [2.24, 2.45) is 0 Å². The van der Waals surface area contributed by atoms with E-state index in [1.54, 1.807) is 0 Å². The summed E-state index contributed by atoms with van der Waals surface area (Å²) in [5.41, 5.74) is 2.39. The third-order valence-electron chi connectivity index (χ3n) is 2.15. The minimum absolute atomic E-state index is 1.06. The number of hydrogen-bond donors (Lipinski definition) is 0. The van der Waals surface area contributed by atoms with Crippen LogP contribution >= 0.6 is 0 Å². The highest BCUT2D eigenvalue weighted by Crippen LogP contribution is 2.06. The van der Waals surface area contributed by atoms with Crippen LogP contribution in [0.5, 0.6) is 0 Å². The lowest BCUT2D eigenvalue weighted by Gasteiger charge is -2.18. The molecule has 2 nitrogen and oxygen atoms in total. The summed E-state index contributed by atoms with van der Waals surface area (Å²) in [6.07, 6.45) is 1.93. The summed E-state index contributed by atoms with van der Waals surface area (Å²) in [7, 11) is -1.21. The van der Waals surface area contributed by atoms with Crippen LogP contribution in [-0.4, -0.2) is 18.3 Å². The molecule has 0 saturated carbocycles. The Labute approximate surface area is 75.0 Å². The van der Waals surface area contributed by atoms with E-state index in [4.69, 9.17) is 0 Å². The smallest absolute Gasteiger partial charge is 0.0801 e. The van der Waals surface area contributed by atoms with Crippen LogP contribution in [0.25, 0.3) is 0 Å². The van der Waals surface area contributed by atoms with Crippen LogP contribution in [0, 0.1) is 13.8 Å². The van der Waals surface area contributed by atoms with Crippen LogP contribution in [0.2, 0.25) is 19.6 Å². The van der Waals surface area contributed by atoms with Gasteiger partial charge in [0.25, 0.3) is 0 Å². The van der Waals surface area contributed by atoms with Crippen LogP contribution in [0.3, 0.4) is 0 Å². The number of aryl methyl sites for hydroxylation is 1. The summed E-state index contributed by atoms with van der Waals surface area (Å²) >= 11 is 0. The monoisotopic (exact) mass is 180 g/mol. The lowest BCUT2D eigenvalue weighted by molar-refractivity contribution is 0.969. The lowest BCUT2D eigenvalue weighted by Crippen LogP contribution is -2.40. The molecule has 0 atom stereocenters. The minimum atomic E-state index is -1.21. The Kier molecular flexibility index (Phi) is 2.33. The molecular weight excluding hydrogens is 164 g/mol. The van der Waals surface area contributed by atoms with E-state index in [0.29, 0.717) is 0 Å². The Hall–Kier alpha value is -0.703. The molecule has 12 heavy (non-hydrogen) atoms. The van der Waals surface area contributed by atoms with Gasteiger partial charge in [0.15, 0.2) is 0 Å². The molecule has 66 valence electrons. The second kappa shape index (κ2) is 2.97. The first-order valence-corrected chi connectivity index (χ1v) is 7.72. The second-order valence-electron chi connectivity index (χ2n) is 4.22. The summed E-state index contributed by atoms with van der Waals surface area (Å²) in [5.74, 6) is 0. The second-order valence-corrected chi connectivity index (χ2v) is 9.26. The Morgan fingerprint density at radius 3 is 2.17 bits per heavy atom. The summed E-state index contributed by atoms with van der Waals surface area (Å²) in [5, 5.41) is 9.45. The van der Waals surface area contributed by atoms with Gasteiger partial charge in [-0.3, -0.25) is 0 Å². The van der Waals surface area contributed by atoms with Crippen LogP contribution in [0.1, 0.15) is 11.3 Å². The molecule has 0 fully saturated rings. The number of rotatable bonds is 1. The van der Waals surface area contributed by atoms with Crippen molar-refractivity contribution in [2.75, 3.05) is 0 Å². The van der Waals surface area contributed by atoms with Gasteiger partial charge < -0.3 is 0 Å². The van der Waals surface area contributed by atoms with Crippen molar-refractivity contribution < 1.29 is 0 Å². The zero-order valence-electron chi connectivity index (χ0n) is 8.47. The first-order valence-electron chi connectivity index (χ1n) is 4.22. The zero-order valence-corrected chi connectivity index (χ0v) is 9.47. The van der Waals surface area contributed by atoms with Gasteiger partial charge in [-0.1, -0.05) is 19.6 Å². The standard InChI is InChI=1S/C9H16N2Si/c1-7-8(2)11-10-6-9(7)12(3,4)5/h6H,1-5H3. The molecule has 0 saturated heterocycles. The van der Waals surface area contributed by atoms with Gasteiger partial charge in [0.1, 0.15) is 0 Å². The SMILES string of the molecule is Cc1nncc([Si](C)(C)C)c1C. The highest BCUT2D eigenvalue weighted by Gasteiger charge is 2.19. The molecule has 0 amide bonds. The van der Waals surface area contributed by atoms with Crippen molar-refractivity contribution in [1.82, 2.24) is 10.2 Å². The van der Waals surface area contributed by atoms with Crippen molar-refractivity contribution in [1.29, 1.82) is 0 Å². The molecule has 0 aromatic carbocycles. The molecule has 0 spiro atoms. The van der Waals surface area contributed by atoms with Crippen molar-refractivity contribution in [2.45, 2.75) is 33.5 Å². The van der Waals surface area contributed by atoms with Crippen LogP contribution < -0.4 is 5.19 Å². The van der Waals surface area contributed by atoms with Crippen molar-refractivity contribution >= 4 is 13.3 Å². The summed E-state index contributed by atoms with van der Waals surface area (Å²) in [6.45, 7) is 11.1. The van der Waals surface area contributed by atoms with Gasteiger partial charge in [0, 0.05) is 6.20 Å². The molecule has 1 heterocycles. The lowest BCUT2D eigenvalue weighted by atomic mass is 10.2. The molecule has 3 heteroatoms. The van der Waals surface area contributed by atoms with Gasteiger partial charge in [-0.25, -0.2) is 0 Å². The van der Waals surface area contributed by atoms with E-state index in [1.807, 2.05) is 13.1 Å². The van der Waals surface area contributed by atoms with Gasteiger partial charge in [-0.15, -0.1) is 0 Å². The average Bonchev–Trinajstić information content (AvgIpc) is 1.92. The maximum atomic E-state index is 4.03. The largest absolute Gasteiger partial charge is 0.159 e. The van der Waals surface area contributed by atoms with Crippen LogP contribution in [-0.2, 0) is 0 Å². The Morgan fingerprint density at radius 2 is 1.75 bits per heavy atom. The molecule has 0 radical (unpaired) electrons. The molecule has 0 unspecified atom stereocenters. The van der Waals surface area contributed by atoms with Crippen molar-refractivity contribution in [3.63, 3.8) is 0 Å². The highest BCUT2D eigenvalue weighted by atomic mass is 28.3. The number of aromatic nitrogens is 2. The van der Waals surface area contributed by atoms with E-state index >= 15 is 0 Å². The van der Waals surface area contributed by atoms with Gasteiger partial charge in [0.2, 0.25) is 0 Å². The van der Waals surface area contributed by atoms with E-state index in [1.165, 1.54) is 10.8 Å². The molecule has 1 rings (SSSR count). The molecule has 0 aliphatic carbocycles. The normalized spacial score (nSPS) is 11.8. The van der Waals surface area contributed by atoms with Gasteiger partial charge in [-0.2, -0.15) is 10.2 Å². The van der Waals surface area contributed by atoms with Gasteiger partial charge in [0.05, 0.1) is 13.8 Å². The number of nitrogens with zero attached hydrogens (tertiary/aromatic N) is 2. The zero-order chi connectivity index (χ0) is 9.35.